The van der Waals surface area contributed by atoms with Crippen molar-refractivity contribution >= 4 is 11.8 Å². The van der Waals surface area contributed by atoms with Gasteiger partial charge in [0.1, 0.15) is 5.82 Å². The maximum absolute atomic E-state index is 8.36. The van der Waals surface area contributed by atoms with Crippen LogP contribution in [0.15, 0.2) is 18.3 Å². The van der Waals surface area contributed by atoms with Gasteiger partial charge in [0.05, 0.1) is 21.3 Å². The summed E-state index contributed by atoms with van der Waals surface area (Å²) >= 11 is 0. The Kier molecular flexibility index (Phi) is 7.00. The third-order valence-corrected chi connectivity index (χ3v) is 3.04. The summed E-state index contributed by atoms with van der Waals surface area (Å²) in [5, 5.41) is 13.6. The zero-order valence-electron chi connectivity index (χ0n) is 13.9. The van der Waals surface area contributed by atoms with Crippen LogP contribution in [0.1, 0.15) is 11.1 Å². The molecule has 136 valence electrons. The molecule has 2 rings (SSSR count). The van der Waals surface area contributed by atoms with Crippen LogP contribution in [0.2, 0.25) is 0 Å². The van der Waals surface area contributed by atoms with Crippen molar-refractivity contribution in [2.45, 2.75) is 6.42 Å². The second-order valence-electron chi connectivity index (χ2n) is 4.59. The molecule has 0 aliphatic carbocycles. The van der Waals surface area contributed by atoms with Crippen LogP contribution < -0.4 is 25.7 Å². The number of rotatable bonds is 5. The first-order valence-electron chi connectivity index (χ1n) is 6.81. The predicted octanol–water partition coefficient (Wildman–Crippen LogP) is 0.910. The number of methoxy groups -OCH3 is 3. The highest BCUT2D eigenvalue weighted by Gasteiger charge is 2.14. The van der Waals surface area contributed by atoms with E-state index in [1.54, 1.807) is 27.5 Å². The Morgan fingerprint density at radius 1 is 1.16 bits per heavy atom. The Hall–Kier alpha value is -3.50. The third-order valence-electron chi connectivity index (χ3n) is 3.04. The van der Waals surface area contributed by atoms with Crippen LogP contribution in [0.4, 0.5) is 11.8 Å². The molecule has 11 nitrogen and oxygen atoms in total. The molecule has 0 unspecified atom stereocenters. The predicted molar refractivity (Wildman–Crippen MR) is 88.5 cm³/mol. The third kappa shape index (κ3) is 5.57. The quantitative estimate of drug-likeness (QED) is 0.518. The molecule has 0 bridgehead atoms. The largest absolute Gasteiger partial charge is 0.493 e. The summed E-state index contributed by atoms with van der Waals surface area (Å²) in [7, 11) is 4.70. The number of benzene rings is 1. The van der Waals surface area contributed by atoms with Crippen LogP contribution in [-0.4, -0.2) is 41.6 Å². The first-order chi connectivity index (χ1) is 11.8. The summed E-state index contributed by atoms with van der Waals surface area (Å²) in [4.78, 5) is 16.3. The van der Waals surface area contributed by atoms with Crippen molar-refractivity contribution in [3.8, 4) is 17.2 Å². The number of nitrogens with two attached hydrogens (primary N) is 2. The fourth-order valence-electron chi connectivity index (χ4n) is 2.03. The summed E-state index contributed by atoms with van der Waals surface area (Å²) in [6.07, 6.45) is 2.14. The van der Waals surface area contributed by atoms with Gasteiger partial charge < -0.3 is 30.9 Å². The SMILES string of the molecule is COc1cc(Cc2cnc(N)nc2N)cc(OC)c1OC.O=[N+]([O-])O. The van der Waals surface area contributed by atoms with Gasteiger partial charge in [0, 0.05) is 18.2 Å². The Morgan fingerprint density at radius 2 is 1.68 bits per heavy atom. The Labute approximate surface area is 143 Å². The fourth-order valence-corrected chi connectivity index (χ4v) is 2.03. The molecule has 0 fully saturated rings. The number of anilines is 2. The number of aromatic nitrogens is 2. The van der Waals surface area contributed by atoms with Crippen LogP contribution in [-0.2, 0) is 6.42 Å². The molecule has 0 saturated heterocycles. The molecule has 25 heavy (non-hydrogen) atoms. The van der Waals surface area contributed by atoms with Gasteiger partial charge in [-0.1, -0.05) is 0 Å². The van der Waals surface area contributed by atoms with E-state index < -0.39 is 5.09 Å². The summed E-state index contributed by atoms with van der Waals surface area (Å²) in [5.41, 5.74) is 13.1. The van der Waals surface area contributed by atoms with Crippen molar-refractivity contribution in [1.29, 1.82) is 0 Å². The van der Waals surface area contributed by atoms with E-state index in [1.807, 2.05) is 12.1 Å². The van der Waals surface area contributed by atoms with Crippen molar-refractivity contribution in [3.63, 3.8) is 0 Å². The van der Waals surface area contributed by atoms with Crippen molar-refractivity contribution in [2.24, 2.45) is 0 Å². The number of hydrogen-bond acceptors (Lipinski definition) is 9. The normalized spacial score (nSPS) is 9.56. The van der Waals surface area contributed by atoms with Gasteiger partial charge in [0.2, 0.25) is 11.7 Å². The molecule has 1 heterocycles. The van der Waals surface area contributed by atoms with Gasteiger partial charge >= 0.3 is 0 Å². The minimum atomic E-state index is -1.50. The van der Waals surface area contributed by atoms with E-state index in [2.05, 4.69) is 9.97 Å². The molecule has 0 spiro atoms. The fraction of sp³-hybridized carbons (Fsp3) is 0.286. The van der Waals surface area contributed by atoms with Crippen LogP contribution in [0, 0.1) is 10.1 Å². The van der Waals surface area contributed by atoms with Crippen LogP contribution in [0.5, 0.6) is 17.2 Å². The highest BCUT2D eigenvalue weighted by molar-refractivity contribution is 5.55. The van der Waals surface area contributed by atoms with Gasteiger partial charge in [0.25, 0.3) is 5.09 Å². The average Bonchev–Trinajstić information content (AvgIpc) is 2.55. The molecule has 0 saturated carbocycles. The highest BCUT2D eigenvalue weighted by Crippen LogP contribution is 2.38. The van der Waals surface area contributed by atoms with Gasteiger partial charge in [-0.25, -0.2) is 4.98 Å². The molecule has 11 heteroatoms. The molecule has 2 aromatic rings. The lowest BCUT2D eigenvalue weighted by molar-refractivity contribution is -0.742. The molecule has 1 aromatic heterocycles. The van der Waals surface area contributed by atoms with Crippen LogP contribution in [0.3, 0.4) is 0 Å². The molecule has 5 N–H and O–H groups in total. The first-order valence-corrected chi connectivity index (χ1v) is 6.81. The van der Waals surface area contributed by atoms with E-state index in [0.29, 0.717) is 29.5 Å². The Morgan fingerprint density at radius 3 is 2.08 bits per heavy atom. The summed E-state index contributed by atoms with van der Waals surface area (Å²) in [6.45, 7) is 0. The van der Waals surface area contributed by atoms with E-state index in [4.69, 9.17) is 41.0 Å². The molecule has 1 aromatic carbocycles. The van der Waals surface area contributed by atoms with E-state index in [0.717, 1.165) is 11.1 Å². The second-order valence-corrected chi connectivity index (χ2v) is 4.59. The number of nitrogens with zero attached hydrogens (tertiary/aromatic N) is 3. The average molecular weight is 353 g/mol. The Bertz CT molecular complexity index is 711. The molecule has 0 aliphatic heterocycles. The van der Waals surface area contributed by atoms with Crippen molar-refractivity contribution in [1.82, 2.24) is 9.97 Å². The minimum absolute atomic E-state index is 0.154. The van der Waals surface area contributed by atoms with E-state index in [-0.39, 0.29) is 5.95 Å². The highest BCUT2D eigenvalue weighted by atomic mass is 16.9. The van der Waals surface area contributed by atoms with E-state index >= 15 is 0 Å². The topological polar surface area (TPSA) is 169 Å². The number of ether oxygens (including phenoxy) is 3. The maximum atomic E-state index is 8.36. The van der Waals surface area contributed by atoms with Gasteiger partial charge in [-0.2, -0.15) is 4.98 Å². The first kappa shape index (κ1) is 19.5. The smallest absolute Gasteiger partial charge is 0.291 e. The lowest BCUT2D eigenvalue weighted by Crippen LogP contribution is -2.04. The standard InChI is InChI=1S/C14H18N4O3.HNO3/c1-19-10-5-8(6-11(20-2)12(10)21-3)4-9-7-17-14(16)18-13(9)15;2-1(3)4/h5-7H,4H2,1-3H3,(H4,15,16,17,18);(H,2,3,4). The summed E-state index contributed by atoms with van der Waals surface area (Å²) in [6, 6.07) is 3.72. The molecule has 0 radical (unpaired) electrons. The summed E-state index contributed by atoms with van der Waals surface area (Å²) < 4.78 is 15.9. The molecule has 0 aliphatic rings. The molecule has 0 amide bonds. The van der Waals surface area contributed by atoms with Gasteiger partial charge in [-0.05, 0) is 17.7 Å². The molecular weight excluding hydrogens is 334 g/mol. The second kappa shape index (κ2) is 8.96. The maximum Gasteiger partial charge on any atom is 0.291 e. The minimum Gasteiger partial charge on any atom is -0.493 e. The van der Waals surface area contributed by atoms with Gasteiger partial charge in [-0.15, -0.1) is 10.1 Å². The van der Waals surface area contributed by atoms with Crippen molar-refractivity contribution < 1.29 is 24.5 Å². The Balaban J connectivity index is 0.000000705. The zero-order valence-corrected chi connectivity index (χ0v) is 13.9. The van der Waals surface area contributed by atoms with E-state index in [1.165, 1.54) is 0 Å². The summed E-state index contributed by atoms with van der Waals surface area (Å²) in [5.74, 6) is 2.23. The molecule has 0 atom stereocenters. The molecular formula is C14H19N5O6. The monoisotopic (exact) mass is 353 g/mol. The number of nitrogen functional groups attached to an aromatic ring is 2. The number of hydrogen-bond donors (Lipinski definition) is 3. The van der Waals surface area contributed by atoms with Crippen LogP contribution >= 0.6 is 0 Å². The van der Waals surface area contributed by atoms with Crippen molar-refractivity contribution in [3.05, 3.63) is 39.6 Å². The van der Waals surface area contributed by atoms with Crippen molar-refractivity contribution in [2.75, 3.05) is 32.8 Å². The van der Waals surface area contributed by atoms with E-state index in [9.17, 15) is 0 Å². The zero-order chi connectivity index (χ0) is 19.0. The van der Waals surface area contributed by atoms with Gasteiger partial charge in [-0.3, -0.25) is 0 Å². The lowest BCUT2D eigenvalue weighted by Gasteiger charge is -2.14. The van der Waals surface area contributed by atoms with Crippen LogP contribution in [0.25, 0.3) is 0 Å². The lowest BCUT2D eigenvalue weighted by atomic mass is 10.1. The van der Waals surface area contributed by atoms with Gasteiger partial charge in [0.15, 0.2) is 11.5 Å².